The summed E-state index contributed by atoms with van der Waals surface area (Å²) in [5.74, 6) is -1.91. The van der Waals surface area contributed by atoms with Crippen molar-refractivity contribution in [1.82, 2.24) is 23.7 Å². The molecule has 2 aromatic carbocycles. The van der Waals surface area contributed by atoms with Crippen LogP contribution in [0.15, 0.2) is 63.7 Å². The van der Waals surface area contributed by atoms with Crippen LogP contribution in [0.25, 0.3) is 20.7 Å². The van der Waals surface area contributed by atoms with Crippen LogP contribution in [0.5, 0.6) is 11.5 Å². The summed E-state index contributed by atoms with van der Waals surface area (Å²) in [6, 6.07) is 11.5. The minimum absolute atomic E-state index is 0.0763. The van der Waals surface area contributed by atoms with E-state index in [1.165, 1.54) is 39.2 Å². The molecule has 3 aromatic heterocycles. The van der Waals surface area contributed by atoms with Crippen LogP contribution in [0.3, 0.4) is 0 Å². The van der Waals surface area contributed by atoms with Crippen molar-refractivity contribution < 1.29 is 19.4 Å². The second kappa shape index (κ2) is 10.3. The number of aromatic nitrogens is 5. The number of hydrogen-bond donors (Lipinski definition) is 1. The summed E-state index contributed by atoms with van der Waals surface area (Å²) in [7, 11) is 4.62. The fourth-order valence-corrected chi connectivity index (χ4v) is 9.37. The van der Waals surface area contributed by atoms with Gasteiger partial charge in [-0.1, -0.05) is 17.7 Å². The third kappa shape index (κ3) is 3.91. The molecule has 5 heterocycles. The summed E-state index contributed by atoms with van der Waals surface area (Å²) in [4.78, 5) is 58.0. The van der Waals surface area contributed by atoms with Gasteiger partial charge in [-0.15, -0.1) is 11.3 Å². The number of methoxy groups -OCH3 is 1. The van der Waals surface area contributed by atoms with Crippen molar-refractivity contribution in [2.24, 2.45) is 25.4 Å². The molecule has 2 aliphatic heterocycles. The Kier molecular flexibility index (Phi) is 6.54. The van der Waals surface area contributed by atoms with Crippen LogP contribution in [-0.4, -0.2) is 47.7 Å². The second-order valence-corrected chi connectivity index (χ2v) is 14.4. The number of phenols is 1. The Labute approximate surface area is 282 Å². The molecular weight excluding hydrogens is 656 g/mol. The molecule has 1 N–H and O–H groups in total. The number of amides is 2. The first-order valence-electron chi connectivity index (χ1n) is 15.4. The predicted molar refractivity (Wildman–Crippen MR) is 181 cm³/mol. The number of thiophene rings is 1. The highest BCUT2D eigenvalue weighted by Crippen LogP contribution is 2.62. The van der Waals surface area contributed by atoms with Gasteiger partial charge in [-0.05, 0) is 73.2 Å². The Bertz CT molecular complexity index is 2400. The zero-order chi connectivity index (χ0) is 34.0. The molecule has 5 aromatic rings. The monoisotopic (exact) mass is 686 g/mol. The summed E-state index contributed by atoms with van der Waals surface area (Å²) >= 11 is 7.83. The number of nitrogens with zero attached hydrogens (tertiary/aromatic N) is 6. The van der Waals surface area contributed by atoms with Crippen molar-refractivity contribution in [2.45, 2.75) is 38.8 Å². The third-order valence-electron chi connectivity index (χ3n) is 10.5. The zero-order valence-electron chi connectivity index (χ0n) is 26.7. The van der Waals surface area contributed by atoms with Crippen molar-refractivity contribution in [1.29, 1.82) is 0 Å². The maximum atomic E-state index is 14.9. The Morgan fingerprint density at radius 2 is 1.83 bits per heavy atom. The van der Waals surface area contributed by atoms with Gasteiger partial charge in [0, 0.05) is 41.4 Å². The lowest BCUT2D eigenvalue weighted by molar-refractivity contribution is -0.129. The van der Waals surface area contributed by atoms with Crippen molar-refractivity contribution in [3.8, 4) is 22.1 Å². The van der Waals surface area contributed by atoms with E-state index in [2.05, 4.69) is 0 Å². The number of allylic oxidation sites excluding steroid dienone is 2. The fourth-order valence-electron chi connectivity index (χ4n) is 8.05. The van der Waals surface area contributed by atoms with Gasteiger partial charge >= 0.3 is 11.4 Å². The van der Waals surface area contributed by atoms with Crippen molar-refractivity contribution in [3.05, 3.63) is 91.2 Å². The normalized spacial score (nSPS) is 23.3. The summed E-state index contributed by atoms with van der Waals surface area (Å²) < 4.78 is 11.9. The first-order chi connectivity index (χ1) is 22.9. The van der Waals surface area contributed by atoms with E-state index in [9.17, 15) is 24.3 Å². The number of fused-ring (bicyclic) bond motifs is 5. The average Bonchev–Trinajstić information content (AvgIpc) is 3.72. The van der Waals surface area contributed by atoms with Gasteiger partial charge in [-0.3, -0.25) is 14.3 Å². The molecule has 1 saturated carbocycles. The fraction of sp³-hybridized carbons (Fsp3) is 0.324. The number of imide groups is 1. The number of carbonyl (C=O) groups is 2. The van der Waals surface area contributed by atoms with Gasteiger partial charge in [0.05, 0.1) is 35.9 Å². The minimum Gasteiger partial charge on any atom is -0.508 e. The quantitative estimate of drug-likeness (QED) is 0.217. The van der Waals surface area contributed by atoms with Crippen LogP contribution in [0.2, 0.25) is 5.02 Å². The number of phenolic OH excluding ortho intramolecular Hbond substituents is 1. The van der Waals surface area contributed by atoms with Gasteiger partial charge in [-0.2, -0.15) is 5.10 Å². The lowest BCUT2D eigenvalue weighted by atomic mass is 9.56. The Balaban J connectivity index is 1.30. The molecule has 2 fully saturated rings. The van der Waals surface area contributed by atoms with Crippen LogP contribution < -0.4 is 21.0 Å². The van der Waals surface area contributed by atoms with Crippen LogP contribution >= 0.6 is 22.9 Å². The van der Waals surface area contributed by atoms with E-state index in [1.807, 2.05) is 31.2 Å². The summed E-state index contributed by atoms with van der Waals surface area (Å²) in [5, 5.41) is 17.7. The number of aromatic hydroxyl groups is 1. The molecule has 14 heteroatoms. The number of aryl methyl sites for hydroxylation is 2. The summed E-state index contributed by atoms with van der Waals surface area (Å²) in [5.41, 5.74) is 0.327. The maximum Gasteiger partial charge on any atom is 0.347 e. The van der Waals surface area contributed by atoms with Gasteiger partial charge in [0.1, 0.15) is 23.0 Å². The smallest absolute Gasteiger partial charge is 0.347 e. The van der Waals surface area contributed by atoms with Crippen LogP contribution in [-0.2, 0) is 30.2 Å². The molecule has 4 unspecified atom stereocenters. The molecule has 48 heavy (non-hydrogen) atoms. The van der Waals surface area contributed by atoms with Gasteiger partial charge in [0.25, 0.3) is 0 Å². The lowest BCUT2D eigenvalue weighted by Gasteiger charge is -2.47. The van der Waals surface area contributed by atoms with E-state index in [1.54, 1.807) is 43.5 Å². The summed E-state index contributed by atoms with van der Waals surface area (Å²) in [6.07, 6.45) is 1.95. The highest BCUT2D eigenvalue weighted by Gasteiger charge is 2.66. The minimum atomic E-state index is -1.36. The highest BCUT2D eigenvalue weighted by atomic mass is 35.5. The molecule has 1 aliphatic carbocycles. The molecule has 3 aliphatic rings. The predicted octanol–water partition coefficient (Wildman–Crippen LogP) is 4.50. The van der Waals surface area contributed by atoms with E-state index in [0.29, 0.717) is 33.4 Å². The molecule has 12 nitrogen and oxygen atoms in total. The van der Waals surface area contributed by atoms with Gasteiger partial charge in [0.15, 0.2) is 0 Å². The van der Waals surface area contributed by atoms with Crippen LogP contribution in [0.1, 0.15) is 36.4 Å². The Morgan fingerprint density at radius 3 is 2.58 bits per heavy atom. The maximum absolute atomic E-state index is 14.9. The van der Waals surface area contributed by atoms with Crippen LogP contribution in [0, 0.1) is 18.3 Å². The second-order valence-electron chi connectivity index (χ2n) is 12.9. The van der Waals surface area contributed by atoms with E-state index in [4.69, 9.17) is 21.4 Å². The number of benzene rings is 2. The first kappa shape index (κ1) is 30.5. The average molecular weight is 687 g/mol. The van der Waals surface area contributed by atoms with Gasteiger partial charge in [-0.25, -0.2) is 28.4 Å². The number of rotatable bonds is 4. The largest absolute Gasteiger partial charge is 0.508 e. The highest BCUT2D eigenvalue weighted by molar-refractivity contribution is 7.22. The van der Waals surface area contributed by atoms with E-state index < -0.39 is 46.5 Å². The molecule has 2 amide bonds. The molecule has 8 rings (SSSR count). The Hall–Kier alpha value is -4.88. The molecule has 1 saturated heterocycles. The lowest BCUT2D eigenvalue weighted by Crippen LogP contribution is -2.49. The van der Waals surface area contributed by atoms with Crippen molar-refractivity contribution in [3.63, 3.8) is 0 Å². The molecular formula is C34H31ClN6O6S. The molecule has 246 valence electrons. The van der Waals surface area contributed by atoms with Crippen molar-refractivity contribution >= 4 is 50.7 Å². The van der Waals surface area contributed by atoms with Crippen LogP contribution in [0.4, 0.5) is 5.82 Å². The van der Waals surface area contributed by atoms with E-state index in [-0.39, 0.29) is 18.7 Å². The standard InChI is InChI=1S/C34H31ClN6O6S/c1-16-20-12-17(35)6-9-26(20)48-29(16)23-15-27(38(4)36-23)40-30(43)22-14-24-19(10-11-39-32(45)37(3)33(46)41(24)39)28(34(22,2)31(40)44)21-13-18(47-5)7-8-25(21)42/h6-10,12-13,15,22,24,28,42H,11,14H2,1-5H3. The van der Waals surface area contributed by atoms with Gasteiger partial charge in [0.2, 0.25) is 11.8 Å². The zero-order valence-corrected chi connectivity index (χ0v) is 28.3. The first-order valence-corrected chi connectivity index (χ1v) is 16.6. The molecule has 0 spiro atoms. The topological polar surface area (TPSA) is 134 Å². The number of anilines is 1. The molecule has 0 radical (unpaired) electrons. The molecule has 4 atom stereocenters. The number of hydrogen-bond acceptors (Lipinski definition) is 8. The number of carbonyl (C=O) groups excluding carboxylic acids is 2. The number of halogens is 1. The van der Waals surface area contributed by atoms with Gasteiger partial charge < -0.3 is 9.84 Å². The number of ether oxygens (including phenoxy) is 1. The Morgan fingerprint density at radius 1 is 1.06 bits per heavy atom. The van der Waals surface area contributed by atoms with E-state index >= 15 is 0 Å². The third-order valence-corrected chi connectivity index (χ3v) is 12.0. The summed E-state index contributed by atoms with van der Waals surface area (Å²) in [6.45, 7) is 3.84. The van der Waals surface area contributed by atoms with E-state index in [0.717, 1.165) is 25.1 Å². The molecule has 0 bridgehead atoms. The van der Waals surface area contributed by atoms with Crippen molar-refractivity contribution in [2.75, 3.05) is 12.0 Å². The SMILES string of the molecule is COc1ccc(O)c(C2C3=CCn4c(=O)n(C)c(=O)n4C3CC3C(=O)N(c4cc(-c5sc6ccc(Cl)cc6c5C)nn4C)C(=O)C32C)c1.